The van der Waals surface area contributed by atoms with Crippen molar-refractivity contribution in [1.29, 1.82) is 0 Å². The number of fused-ring (bicyclic) bond motifs is 2. The highest BCUT2D eigenvalue weighted by atomic mass is 32.2. The fourth-order valence-electron chi connectivity index (χ4n) is 4.54. The predicted octanol–water partition coefficient (Wildman–Crippen LogP) is 2.01. The zero-order chi connectivity index (χ0) is 23.9. The number of nitrogens with zero attached hydrogens (tertiary/aromatic N) is 2. The van der Waals surface area contributed by atoms with Crippen LogP contribution in [-0.4, -0.2) is 63.2 Å². The number of carbonyl (C=O) groups excluding carboxylic acids is 2. The third kappa shape index (κ3) is 4.13. The summed E-state index contributed by atoms with van der Waals surface area (Å²) >= 11 is 0. The van der Waals surface area contributed by atoms with Gasteiger partial charge in [-0.3, -0.25) is 19.3 Å². The minimum Gasteiger partial charge on any atom is -0.486 e. The van der Waals surface area contributed by atoms with Crippen molar-refractivity contribution in [2.45, 2.75) is 30.7 Å². The van der Waals surface area contributed by atoms with E-state index >= 15 is 0 Å². The van der Waals surface area contributed by atoms with E-state index in [4.69, 9.17) is 9.47 Å². The summed E-state index contributed by atoms with van der Waals surface area (Å²) in [7, 11) is -3.66. The van der Waals surface area contributed by atoms with Crippen LogP contribution in [0.25, 0.3) is 0 Å². The van der Waals surface area contributed by atoms with Crippen LogP contribution in [0.5, 0.6) is 11.5 Å². The van der Waals surface area contributed by atoms with E-state index < -0.39 is 16.1 Å². The van der Waals surface area contributed by atoms with Crippen LogP contribution in [0.4, 0.5) is 0 Å². The molecule has 1 saturated heterocycles. The average Bonchev–Trinajstić information content (AvgIpc) is 3.12. The first-order chi connectivity index (χ1) is 16.3. The average molecular weight is 484 g/mol. The monoisotopic (exact) mass is 483 g/mol. The number of aliphatic imine (C=N–C) groups is 1. The van der Waals surface area contributed by atoms with Crippen LogP contribution >= 0.6 is 0 Å². The van der Waals surface area contributed by atoms with E-state index in [9.17, 15) is 18.0 Å². The molecule has 1 atom stereocenters. The first-order valence-electron chi connectivity index (χ1n) is 11.3. The van der Waals surface area contributed by atoms with E-state index in [0.717, 1.165) is 0 Å². The maximum Gasteiger partial charge on any atom is 0.263 e. The van der Waals surface area contributed by atoms with Gasteiger partial charge in [0.1, 0.15) is 25.1 Å². The number of ether oxygens (including phenoxy) is 2. The number of Topliss-reactive ketones (excluding diaryl/α,β-unsaturated/α-hetero) is 1. The van der Waals surface area contributed by atoms with E-state index in [1.165, 1.54) is 6.07 Å². The molecule has 3 aliphatic rings. The summed E-state index contributed by atoms with van der Waals surface area (Å²) in [5, 5.41) is 0. The molecule has 0 radical (unpaired) electrons. The van der Waals surface area contributed by atoms with Gasteiger partial charge < -0.3 is 14.4 Å². The van der Waals surface area contributed by atoms with E-state index in [1.54, 1.807) is 48.2 Å². The summed E-state index contributed by atoms with van der Waals surface area (Å²) in [5.74, 6) is 1.07. The molecule has 1 N–H and O–H groups in total. The van der Waals surface area contributed by atoms with Crippen molar-refractivity contribution >= 4 is 27.5 Å². The summed E-state index contributed by atoms with van der Waals surface area (Å²) in [4.78, 5) is 32.2. The molecule has 178 valence electrons. The second kappa shape index (κ2) is 8.75. The van der Waals surface area contributed by atoms with E-state index in [2.05, 4.69) is 9.71 Å². The lowest BCUT2D eigenvalue weighted by Crippen LogP contribution is -2.44. The van der Waals surface area contributed by atoms with Gasteiger partial charge in [0, 0.05) is 30.1 Å². The zero-order valence-electron chi connectivity index (χ0n) is 18.7. The van der Waals surface area contributed by atoms with Gasteiger partial charge in [-0.15, -0.1) is 0 Å². The number of rotatable bonds is 4. The van der Waals surface area contributed by atoms with Crippen LogP contribution in [0, 0.1) is 5.92 Å². The molecule has 2 aromatic carbocycles. The molecular weight excluding hydrogens is 458 g/mol. The Kier molecular flexibility index (Phi) is 5.76. The molecule has 2 aromatic rings. The Hall–Kier alpha value is -3.40. The molecule has 0 saturated carbocycles. The van der Waals surface area contributed by atoms with Crippen molar-refractivity contribution < 1.29 is 27.5 Å². The normalized spacial score (nSPS) is 21.0. The standard InChI is InChI=1S/C24H25N3O6S/c1-15(25-23-18-4-2-3-5-21(18)34(30,31)26-23)24(29)27-10-8-16(9-11-27)22(28)17-6-7-19-20(14-17)33-13-12-32-19/h2-7,14-16H,8-13H2,1H3,(H,25,26)/t15-/m0/s1. The minimum absolute atomic E-state index is 0.0364. The summed E-state index contributed by atoms with van der Waals surface area (Å²) < 4.78 is 38.1. The number of sulfonamides is 1. The fourth-order valence-corrected chi connectivity index (χ4v) is 5.78. The van der Waals surface area contributed by atoms with Gasteiger partial charge in [-0.1, -0.05) is 12.1 Å². The Morgan fingerprint density at radius 1 is 1.06 bits per heavy atom. The molecular formula is C24H25N3O6S. The fraction of sp³-hybridized carbons (Fsp3) is 0.375. The second-order valence-corrected chi connectivity index (χ2v) is 10.2. The largest absolute Gasteiger partial charge is 0.486 e. The Morgan fingerprint density at radius 3 is 2.53 bits per heavy atom. The lowest BCUT2D eigenvalue weighted by Gasteiger charge is -2.32. The smallest absolute Gasteiger partial charge is 0.263 e. The van der Waals surface area contributed by atoms with Crippen LogP contribution < -0.4 is 14.2 Å². The van der Waals surface area contributed by atoms with E-state index in [-0.39, 0.29) is 28.3 Å². The third-order valence-corrected chi connectivity index (χ3v) is 7.74. The molecule has 0 spiro atoms. The number of piperidine rings is 1. The molecule has 3 aliphatic heterocycles. The maximum absolute atomic E-state index is 13.0. The van der Waals surface area contributed by atoms with Crippen molar-refractivity contribution in [3.8, 4) is 11.5 Å². The number of nitrogens with one attached hydrogen (secondary N) is 1. The number of hydrogen-bond donors (Lipinski definition) is 1. The molecule has 1 fully saturated rings. The van der Waals surface area contributed by atoms with Gasteiger partial charge in [-0.05, 0) is 50.1 Å². The maximum atomic E-state index is 13.0. The van der Waals surface area contributed by atoms with Gasteiger partial charge >= 0.3 is 0 Å². The highest BCUT2D eigenvalue weighted by molar-refractivity contribution is 7.90. The van der Waals surface area contributed by atoms with E-state index in [1.807, 2.05) is 0 Å². The predicted molar refractivity (Wildman–Crippen MR) is 124 cm³/mol. The summed E-state index contributed by atoms with van der Waals surface area (Å²) in [6.45, 7) is 3.49. The molecule has 10 heteroatoms. The van der Waals surface area contributed by atoms with Gasteiger partial charge in [0.15, 0.2) is 17.3 Å². The molecule has 0 aliphatic carbocycles. The van der Waals surface area contributed by atoms with Gasteiger partial charge in [0.05, 0.1) is 4.90 Å². The molecule has 34 heavy (non-hydrogen) atoms. The van der Waals surface area contributed by atoms with Crippen molar-refractivity contribution in [2.24, 2.45) is 10.9 Å². The second-order valence-electron chi connectivity index (χ2n) is 8.58. The Bertz CT molecular complexity index is 1280. The van der Waals surface area contributed by atoms with Crippen molar-refractivity contribution in [3.63, 3.8) is 0 Å². The van der Waals surface area contributed by atoms with Gasteiger partial charge in [0.2, 0.25) is 5.91 Å². The summed E-state index contributed by atoms with van der Waals surface area (Å²) in [6, 6.07) is 11.0. The zero-order valence-corrected chi connectivity index (χ0v) is 19.5. The Morgan fingerprint density at radius 2 is 1.76 bits per heavy atom. The van der Waals surface area contributed by atoms with Crippen LogP contribution in [0.3, 0.4) is 0 Å². The number of carbonyl (C=O) groups is 2. The number of benzene rings is 2. The minimum atomic E-state index is -3.66. The van der Waals surface area contributed by atoms with E-state index in [0.29, 0.717) is 61.8 Å². The molecule has 1 amide bonds. The highest BCUT2D eigenvalue weighted by Gasteiger charge is 2.33. The Labute approximate surface area is 197 Å². The number of hydrogen-bond acceptors (Lipinski definition) is 7. The molecule has 5 rings (SSSR count). The van der Waals surface area contributed by atoms with Crippen LogP contribution in [0.2, 0.25) is 0 Å². The number of ketones is 1. The SMILES string of the molecule is C[C@H](N=C1NS(=O)(=O)c2ccccc21)C(=O)N1CCC(C(=O)c2ccc3c(c2)OCCO3)CC1. The summed E-state index contributed by atoms with van der Waals surface area (Å²) in [5.41, 5.74) is 1.05. The molecule has 0 bridgehead atoms. The molecule has 0 aromatic heterocycles. The first-order valence-corrected chi connectivity index (χ1v) is 12.7. The van der Waals surface area contributed by atoms with Gasteiger partial charge in [0.25, 0.3) is 10.0 Å². The number of amides is 1. The van der Waals surface area contributed by atoms with Crippen molar-refractivity contribution in [1.82, 2.24) is 9.62 Å². The lowest BCUT2D eigenvalue weighted by atomic mass is 9.88. The highest BCUT2D eigenvalue weighted by Crippen LogP contribution is 2.32. The molecule has 3 heterocycles. The van der Waals surface area contributed by atoms with Crippen LogP contribution in [0.1, 0.15) is 35.7 Å². The third-order valence-electron chi connectivity index (χ3n) is 6.35. The lowest BCUT2D eigenvalue weighted by molar-refractivity contribution is -0.133. The summed E-state index contributed by atoms with van der Waals surface area (Å²) in [6.07, 6.45) is 1.11. The number of amidine groups is 1. The van der Waals surface area contributed by atoms with Crippen molar-refractivity contribution in [3.05, 3.63) is 53.6 Å². The van der Waals surface area contributed by atoms with Crippen molar-refractivity contribution in [2.75, 3.05) is 26.3 Å². The van der Waals surface area contributed by atoms with Gasteiger partial charge in [-0.25, -0.2) is 8.42 Å². The Balaban J connectivity index is 1.22. The first kappa shape index (κ1) is 22.4. The molecule has 0 unspecified atom stereocenters. The van der Waals surface area contributed by atoms with Crippen LogP contribution in [-0.2, 0) is 14.8 Å². The molecule has 9 nitrogen and oxygen atoms in total. The number of likely N-dealkylation sites (tertiary alicyclic amines) is 1. The van der Waals surface area contributed by atoms with Gasteiger partial charge in [-0.2, -0.15) is 0 Å². The topological polar surface area (TPSA) is 114 Å². The van der Waals surface area contributed by atoms with Crippen LogP contribution in [0.15, 0.2) is 52.4 Å². The quantitative estimate of drug-likeness (QED) is 0.666.